The van der Waals surface area contributed by atoms with Crippen LogP contribution in [0.15, 0.2) is 0 Å². The van der Waals surface area contributed by atoms with Crippen LogP contribution >= 0.6 is 0 Å². The topological polar surface area (TPSA) is 74.2 Å². The molecule has 1 N–H and O–H groups in total. The summed E-state index contributed by atoms with van der Waals surface area (Å²) in [6, 6.07) is 0. The van der Waals surface area contributed by atoms with Gasteiger partial charge in [0.1, 0.15) is 0 Å². The Bertz CT molecular complexity index is 173. The highest BCUT2D eigenvalue weighted by molar-refractivity contribution is 5.71. The summed E-state index contributed by atoms with van der Waals surface area (Å²) in [7, 11) is 1.61. The predicted octanol–water partition coefficient (Wildman–Crippen LogP) is 0.156. The Kier molecular flexibility index (Phi) is 10.3. The molecule has 96 valence electrons. The normalized spacial score (nSPS) is 12.6. The minimum absolute atomic E-state index is 0.269. The third-order valence-electron chi connectivity index (χ3n) is 1.75. The third-order valence-corrected chi connectivity index (χ3v) is 1.75. The summed E-state index contributed by atoms with van der Waals surface area (Å²) < 4.78 is 20.1. The smallest absolute Gasteiger partial charge is 0.332 e. The Morgan fingerprint density at radius 1 is 1.06 bits per heavy atom. The molecule has 0 amide bonds. The second-order valence-corrected chi connectivity index (χ2v) is 3.07. The van der Waals surface area contributed by atoms with Crippen LogP contribution in [-0.2, 0) is 23.7 Å². The molecule has 0 aromatic rings. The SMILES string of the molecule is COCCOCCOCCO[C@H](C)C(=O)O. The lowest BCUT2D eigenvalue weighted by atomic mass is 10.4. The van der Waals surface area contributed by atoms with Gasteiger partial charge in [0.05, 0.1) is 39.6 Å². The Hall–Kier alpha value is -0.690. The van der Waals surface area contributed by atoms with Crippen LogP contribution in [0.3, 0.4) is 0 Å². The third kappa shape index (κ3) is 9.85. The molecule has 6 heteroatoms. The van der Waals surface area contributed by atoms with Gasteiger partial charge in [-0.15, -0.1) is 0 Å². The second kappa shape index (κ2) is 10.8. The van der Waals surface area contributed by atoms with E-state index in [1.54, 1.807) is 7.11 Å². The molecule has 6 nitrogen and oxygen atoms in total. The average molecular weight is 236 g/mol. The molecule has 0 rings (SSSR count). The van der Waals surface area contributed by atoms with E-state index in [2.05, 4.69) is 0 Å². The minimum atomic E-state index is -0.970. The number of hydrogen-bond acceptors (Lipinski definition) is 5. The van der Waals surface area contributed by atoms with Crippen LogP contribution in [0.5, 0.6) is 0 Å². The highest BCUT2D eigenvalue weighted by Gasteiger charge is 2.09. The molecule has 0 spiro atoms. The lowest BCUT2D eigenvalue weighted by Gasteiger charge is -2.08. The summed E-state index contributed by atoms with van der Waals surface area (Å²) in [5.74, 6) is -0.970. The number of rotatable bonds is 11. The molecule has 0 fully saturated rings. The van der Waals surface area contributed by atoms with E-state index >= 15 is 0 Å². The van der Waals surface area contributed by atoms with Gasteiger partial charge in [-0.05, 0) is 6.92 Å². The maximum Gasteiger partial charge on any atom is 0.332 e. The van der Waals surface area contributed by atoms with Crippen molar-refractivity contribution in [3.05, 3.63) is 0 Å². The van der Waals surface area contributed by atoms with Crippen LogP contribution in [0, 0.1) is 0 Å². The summed E-state index contributed by atoms with van der Waals surface area (Å²) in [4.78, 5) is 10.4. The zero-order valence-electron chi connectivity index (χ0n) is 9.81. The molecule has 0 unspecified atom stereocenters. The van der Waals surface area contributed by atoms with Crippen molar-refractivity contribution in [2.75, 3.05) is 46.8 Å². The van der Waals surface area contributed by atoms with Crippen LogP contribution in [0.1, 0.15) is 6.92 Å². The van der Waals surface area contributed by atoms with E-state index in [9.17, 15) is 4.79 Å². The average Bonchev–Trinajstić information content (AvgIpc) is 2.26. The van der Waals surface area contributed by atoms with Crippen molar-refractivity contribution in [1.82, 2.24) is 0 Å². The summed E-state index contributed by atoms with van der Waals surface area (Å²) in [6.07, 6.45) is -0.790. The van der Waals surface area contributed by atoms with Gasteiger partial charge in [0.2, 0.25) is 0 Å². The Balaban J connectivity index is 3.07. The number of carboxylic acids is 1. The lowest BCUT2D eigenvalue weighted by molar-refractivity contribution is -0.150. The van der Waals surface area contributed by atoms with Crippen molar-refractivity contribution in [2.24, 2.45) is 0 Å². The Labute approximate surface area is 95.4 Å². The number of methoxy groups -OCH3 is 1. The van der Waals surface area contributed by atoms with Gasteiger partial charge in [-0.2, -0.15) is 0 Å². The quantitative estimate of drug-likeness (QED) is 0.515. The van der Waals surface area contributed by atoms with E-state index in [4.69, 9.17) is 24.1 Å². The van der Waals surface area contributed by atoms with Gasteiger partial charge in [-0.1, -0.05) is 0 Å². The number of hydrogen-bond donors (Lipinski definition) is 1. The summed E-state index contributed by atoms with van der Waals surface area (Å²) >= 11 is 0. The van der Waals surface area contributed by atoms with Crippen LogP contribution in [0.4, 0.5) is 0 Å². The summed E-state index contributed by atoms with van der Waals surface area (Å²) in [5, 5.41) is 8.51. The van der Waals surface area contributed by atoms with Crippen molar-refractivity contribution in [2.45, 2.75) is 13.0 Å². The highest BCUT2D eigenvalue weighted by Crippen LogP contribution is 1.90. The molecule has 0 radical (unpaired) electrons. The molecule has 0 aliphatic heterocycles. The van der Waals surface area contributed by atoms with Crippen molar-refractivity contribution in [3.8, 4) is 0 Å². The summed E-state index contributed by atoms with van der Waals surface area (Å²) in [5.41, 5.74) is 0. The van der Waals surface area contributed by atoms with Gasteiger partial charge >= 0.3 is 5.97 Å². The van der Waals surface area contributed by atoms with Crippen LogP contribution in [0.25, 0.3) is 0 Å². The molecular formula is C10H20O6. The number of carbonyl (C=O) groups is 1. The molecule has 0 saturated heterocycles. The molecular weight excluding hydrogens is 216 g/mol. The Morgan fingerprint density at radius 2 is 1.56 bits per heavy atom. The number of carboxylic acid groups (broad SMARTS) is 1. The van der Waals surface area contributed by atoms with Gasteiger partial charge in [0.25, 0.3) is 0 Å². The molecule has 0 aliphatic carbocycles. The van der Waals surface area contributed by atoms with Crippen molar-refractivity contribution in [3.63, 3.8) is 0 Å². The predicted molar refractivity (Wildman–Crippen MR) is 56.6 cm³/mol. The summed E-state index contributed by atoms with van der Waals surface area (Å²) in [6.45, 7) is 4.20. The molecule has 0 aliphatic rings. The minimum Gasteiger partial charge on any atom is -0.479 e. The van der Waals surface area contributed by atoms with E-state index in [1.165, 1.54) is 6.92 Å². The Morgan fingerprint density at radius 3 is 2.06 bits per heavy atom. The van der Waals surface area contributed by atoms with E-state index in [0.29, 0.717) is 33.0 Å². The monoisotopic (exact) mass is 236 g/mol. The number of aliphatic carboxylic acids is 1. The second-order valence-electron chi connectivity index (χ2n) is 3.07. The fourth-order valence-corrected chi connectivity index (χ4v) is 0.819. The van der Waals surface area contributed by atoms with E-state index < -0.39 is 12.1 Å². The zero-order valence-corrected chi connectivity index (χ0v) is 9.81. The van der Waals surface area contributed by atoms with Crippen LogP contribution in [0.2, 0.25) is 0 Å². The van der Waals surface area contributed by atoms with Gasteiger partial charge in [-0.3, -0.25) is 0 Å². The maximum atomic E-state index is 10.4. The zero-order chi connectivity index (χ0) is 12.2. The van der Waals surface area contributed by atoms with Gasteiger partial charge < -0.3 is 24.1 Å². The first-order chi connectivity index (χ1) is 7.68. The first-order valence-corrected chi connectivity index (χ1v) is 5.17. The van der Waals surface area contributed by atoms with Crippen LogP contribution < -0.4 is 0 Å². The van der Waals surface area contributed by atoms with Gasteiger partial charge in [0.15, 0.2) is 6.10 Å². The standard InChI is InChI=1S/C10H20O6/c1-9(10(11)12)16-8-7-15-6-5-14-4-3-13-2/h9H,3-8H2,1-2H3,(H,11,12)/t9-/m1/s1. The largest absolute Gasteiger partial charge is 0.479 e. The van der Waals surface area contributed by atoms with Crippen molar-refractivity contribution < 1.29 is 28.8 Å². The molecule has 0 aromatic carbocycles. The molecule has 0 aromatic heterocycles. The highest BCUT2D eigenvalue weighted by atomic mass is 16.6. The molecule has 1 atom stereocenters. The first-order valence-electron chi connectivity index (χ1n) is 5.17. The molecule has 0 bridgehead atoms. The van der Waals surface area contributed by atoms with E-state index in [1.807, 2.05) is 0 Å². The van der Waals surface area contributed by atoms with Crippen molar-refractivity contribution >= 4 is 5.97 Å². The fraction of sp³-hybridized carbons (Fsp3) is 0.900. The van der Waals surface area contributed by atoms with Crippen LogP contribution in [-0.4, -0.2) is 63.9 Å². The molecule has 16 heavy (non-hydrogen) atoms. The van der Waals surface area contributed by atoms with E-state index in [-0.39, 0.29) is 6.61 Å². The van der Waals surface area contributed by atoms with Gasteiger partial charge in [0, 0.05) is 7.11 Å². The molecule has 0 saturated carbocycles. The van der Waals surface area contributed by atoms with Gasteiger partial charge in [-0.25, -0.2) is 4.79 Å². The first kappa shape index (κ1) is 15.3. The fourth-order valence-electron chi connectivity index (χ4n) is 0.819. The lowest BCUT2D eigenvalue weighted by Crippen LogP contribution is -2.22. The number of ether oxygens (including phenoxy) is 4. The maximum absolute atomic E-state index is 10.4. The van der Waals surface area contributed by atoms with Crippen molar-refractivity contribution in [1.29, 1.82) is 0 Å². The van der Waals surface area contributed by atoms with E-state index in [0.717, 1.165) is 0 Å². The molecule has 0 heterocycles.